The fourth-order valence-electron chi connectivity index (χ4n) is 3.04. The smallest absolute Gasteiger partial charge is 0.229 e. The summed E-state index contributed by atoms with van der Waals surface area (Å²) in [6.07, 6.45) is 0. The van der Waals surface area contributed by atoms with Gasteiger partial charge < -0.3 is 15.4 Å². The van der Waals surface area contributed by atoms with Crippen LogP contribution in [0.1, 0.15) is 11.1 Å². The van der Waals surface area contributed by atoms with Crippen LogP contribution in [-0.2, 0) is 0 Å². The number of fused-ring (bicyclic) bond motifs is 1. The summed E-state index contributed by atoms with van der Waals surface area (Å²) >= 11 is 0. The largest absolute Gasteiger partial charge is 0.495 e. The molecular formula is C23H22N4O. The highest BCUT2D eigenvalue weighted by molar-refractivity contribution is 5.92. The van der Waals surface area contributed by atoms with E-state index in [0.717, 1.165) is 39.4 Å². The van der Waals surface area contributed by atoms with Crippen molar-refractivity contribution in [3.63, 3.8) is 0 Å². The third-order valence-electron chi connectivity index (χ3n) is 4.52. The van der Waals surface area contributed by atoms with Gasteiger partial charge in [-0.2, -0.15) is 4.98 Å². The molecule has 5 heteroatoms. The van der Waals surface area contributed by atoms with Crippen molar-refractivity contribution < 1.29 is 4.74 Å². The van der Waals surface area contributed by atoms with Crippen LogP contribution in [0, 0.1) is 13.8 Å². The second-order valence-corrected chi connectivity index (χ2v) is 6.73. The molecule has 0 atom stereocenters. The lowest BCUT2D eigenvalue weighted by Gasteiger charge is -2.14. The molecule has 4 aromatic rings. The van der Waals surface area contributed by atoms with Gasteiger partial charge in [-0.15, -0.1) is 0 Å². The SMILES string of the molecule is COc1ccc(C)cc1Nc1nc(Nc2ccc(C)cc2)c2ccccc2n1. The summed E-state index contributed by atoms with van der Waals surface area (Å²) in [5, 5.41) is 7.69. The molecule has 0 bridgehead atoms. The lowest BCUT2D eigenvalue weighted by Crippen LogP contribution is -2.03. The Labute approximate surface area is 164 Å². The van der Waals surface area contributed by atoms with Gasteiger partial charge in [0, 0.05) is 11.1 Å². The Kier molecular flexibility index (Phi) is 4.81. The first-order valence-corrected chi connectivity index (χ1v) is 9.14. The van der Waals surface area contributed by atoms with Crippen molar-refractivity contribution in [2.45, 2.75) is 13.8 Å². The number of nitrogens with zero attached hydrogens (tertiary/aromatic N) is 2. The molecule has 5 nitrogen and oxygen atoms in total. The zero-order chi connectivity index (χ0) is 19.5. The first-order valence-electron chi connectivity index (χ1n) is 9.14. The number of ether oxygens (including phenoxy) is 1. The Balaban J connectivity index is 1.75. The van der Waals surface area contributed by atoms with Crippen LogP contribution in [0.4, 0.5) is 23.1 Å². The molecule has 0 aliphatic heterocycles. The highest BCUT2D eigenvalue weighted by Gasteiger charge is 2.10. The van der Waals surface area contributed by atoms with Crippen LogP contribution in [0.15, 0.2) is 66.7 Å². The second-order valence-electron chi connectivity index (χ2n) is 6.73. The summed E-state index contributed by atoms with van der Waals surface area (Å²) in [6.45, 7) is 4.11. The molecule has 28 heavy (non-hydrogen) atoms. The fraction of sp³-hybridized carbons (Fsp3) is 0.130. The zero-order valence-corrected chi connectivity index (χ0v) is 16.2. The number of hydrogen-bond donors (Lipinski definition) is 2. The van der Waals surface area contributed by atoms with Crippen LogP contribution < -0.4 is 15.4 Å². The minimum atomic E-state index is 0.511. The molecule has 140 valence electrons. The van der Waals surface area contributed by atoms with E-state index in [9.17, 15) is 0 Å². The molecular weight excluding hydrogens is 348 g/mol. The number of para-hydroxylation sites is 1. The van der Waals surface area contributed by atoms with Crippen LogP contribution in [0.3, 0.4) is 0 Å². The third kappa shape index (κ3) is 3.74. The summed E-state index contributed by atoms with van der Waals surface area (Å²) in [4.78, 5) is 9.40. The molecule has 0 saturated carbocycles. The molecule has 3 aromatic carbocycles. The molecule has 0 spiro atoms. The molecule has 0 aliphatic carbocycles. The summed E-state index contributed by atoms with van der Waals surface area (Å²) in [5.74, 6) is 2.01. The Morgan fingerprint density at radius 1 is 0.786 bits per heavy atom. The number of aryl methyl sites for hydroxylation is 2. The number of aromatic nitrogens is 2. The fourth-order valence-corrected chi connectivity index (χ4v) is 3.04. The van der Waals surface area contributed by atoms with E-state index in [-0.39, 0.29) is 0 Å². The normalized spacial score (nSPS) is 10.7. The predicted octanol–water partition coefficient (Wildman–Crippen LogP) is 5.74. The van der Waals surface area contributed by atoms with Gasteiger partial charge in [0.15, 0.2) is 0 Å². The van der Waals surface area contributed by atoms with Gasteiger partial charge in [0.1, 0.15) is 11.6 Å². The number of benzene rings is 3. The maximum atomic E-state index is 5.46. The van der Waals surface area contributed by atoms with Gasteiger partial charge in [-0.3, -0.25) is 0 Å². The molecule has 4 rings (SSSR count). The van der Waals surface area contributed by atoms with Crippen molar-refractivity contribution in [2.75, 3.05) is 17.7 Å². The van der Waals surface area contributed by atoms with E-state index in [2.05, 4.69) is 34.7 Å². The second kappa shape index (κ2) is 7.56. The monoisotopic (exact) mass is 370 g/mol. The Hall–Kier alpha value is -3.60. The number of rotatable bonds is 5. The predicted molar refractivity (Wildman–Crippen MR) is 115 cm³/mol. The number of hydrogen-bond acceptors (Lipinski definition) is 5. The summed E-state index contributed by atoms with van der Waals surface area (Å²) in [6, 6.07) is 22.2. The molecule has 0 unspecified atom stereocenters. The van der Waals surface area contributed by atoms with Gasteiger partial charge in [-0.05, 0) is 55.8 Å². The summed E-state index contributed by atoms with van der Waals surface area (Å²) < 4.78 is 5.46. The van der Waals surface area contributed by atoms with Crippen molar-refractivity contribution >= 4 is 34.0 Å². The van der Waals surface area contributed by atoms with E-state index in [4.69, 9.17) is 9.72 Å². The Bertz CT molecular complexity index is 1120. The van der Waals surface area contributed by atoms with Crippen molar-refractivity contribution in [1.29, 1.82) is 0 Å². The molecule has 0 radical (unpaired) electrons. The average Bonchev–Trinajstić information content (AvgIpc) is 2.70. The Morgan fingerprint density at radius 2 is 1.54 bits per heavy atom. The molecule has 0 fully saturated rings. The molecule has 0 aliphatic rings. The zero-order valence-electron chi connectivity index (χ0n) is 16.2. The number of anilines is 4. The maximum Gasteiger partial charge on any atom is 0.229 e. The van der Waals surface area contributed by atoms with Gasteiger partial charge in [0.25, 0.3) is 0 Å². The molecule has 0 saturated heterocycles. The molecule has 0 amide bonds. The van der Waals surface area contributed by atoms with E-state index in [1.165, 1.54) is 5.56 Å². The maximum absolute atomic E-state index is 5.46. The van der Waals surface area contributed by atoms with Crippen molar-refractivity contribution in [2.24, 2.45) is 0 Å². The average molecular weight is 370 g/mol. The molecule has 2 N–H and O–H groups in total. The topological polar surface area (TPSA) is 59.1 Å². The van der Waals surface area contributed by atoms with Gasteiger partial charge in [-0.25, -0.2) is 4.98 Å². The Morgan fingerprint density at radius 3 is 2.32 bits per heavy atom. The van der Waals surface area contributed by atoms with Crippen LogP contribution in [0.2, 0.25) is 0 Å². The highest BCUT2D eigenvalue weighted by Crippen LogP contribution is 2.30. The van der Waals surface area contributed by atoms with Gasteiger partial charge in [0.2, 0.25) is 5.95 Å². The highest BCUT2D eigenvalue weighted by atomic mass is 16.5. The van der Waals surface area contributed by atoms with Crippen LogP contribution in [0.5, 0.6) is 5.75 Å². The van der Waals surface area contributed by atoms with Gasteiger partial charge in [-0.1, -0.05) is 35.9 Å². The van der Waals surface area contributed by atoms with Crippen LogP contribution >= 0.6 is 0 Å². The number of methoxy groups -OCH3 is 1. The molecule has 1 aromatic heterocycles. The van der Waals surface area contributed by atoms with Crippen LogP contribution in [0.25, 0.3) is 10.9 Å². The van der Waals surface area contributed by atoms with E-state index in [1.54, 1.807) is 7.11 Å². The lowest BCUT2D eigenvalue weighted by atomic mass is 10.2. The van der Waals surface area contributed by atoms with E-state index in [1.807, 2.05) is 61.5 Å². The van der Waals surface area contributed by atoms with E-state index in [0.29, 0.717) is 5.95 Å². The standard InChI is InChI=1S/C23H22N4O/c1-15-8-11-17(12-9-15)24-22-18-6-4-5-7-19(18)25-23(27-22)26-20-14-16(2)10-13-21(20)28-3/h4-14H,1-3H3,(H2,24,25,26,27). The van der Waals surface area contributed by atoms with Gasteiger partial charge in [0.05, 0.1) is 18.3 Å². The van der Waals surface area contributed by atoms with E-state index >= 15 is 0 Å². The van der Waals surface area contributed by atoms with Crippen molar-refractivity contribution in [3.05, 3.63) is 77.9 Å². The first-order chi connectivity index (χ1) is 13.6. The van der Waals surface area contributed by atoms with Crippen LogP contribution in [-0.4, -0.2) is 17.1 Å². The summed E-state index contributed by atoms with van der Waals surface area (Å²) in [5.41, 5.74) is 5.02. The number of nitrogens with one attached hydrogen (secondary N) is 2. The minimum absolute atomic E-state index is 0.511. The lowest BCUT2D eigenvalue weighted by molar-refractivity contribution is 0.416. The van der Waals surface area contributed by atoms with Crippen molar-refractivity contribution in [3.8, 4) is 5.75 Å². The third-order valence-corrected chi connectivity index (χ3v) is 4.52. The van der Waals surface area contributed by atoms with Crippen molar-refractivity contribution in [1.82, 2.24) is 9.97 Å². The van der Waals surface area contributed by atoms with Gasteiger partial charge >= 0.3 is 0 Å². The first kappa shape index (κ1) is 17.8. The minimum Gasteiger partial charge on any atom is -0.495 e. The summed E-state index contributed by atoms with van der Waals surface area (Å²) in [7, 11) is 1.65. The quantitative estimate of drug-likeness (QED) is 0.469. The van der Waals surface area contributed by atoms with E-state index < -0.39 is 0 Å². The molecule has 1 heterocycles.